The highest BCUT2D eigenvalue weighted by Crippen LogP contribution is 2.10. The van der Waals surface area contributed by atoms with E-state index < -0.39 is 9.05 Å². The monoisotopic (exact) mass is 256 g/mol. The minimum atomic E-state index is -3.30. The van der Waals surface area contributed by atoms with Crippen molar-refractivity contribution in [2.24, 2.45) is 0 Å². The molecule has 15 heavy (non-hydrogen) atoms. The number of ether oxygens (including phenoxy) is 1. The van der Waals surface area contributed by atoms with Crippen LogP contribution in [0.4, 0.5) is 0 Å². The van der Waals surface area contributed by atoms with Gasteiger partial charge in [-0.1, -0.05) is 12.8 Å². The van der Waals surface area contributed by atoms with E-state index in [0.29, 0.717) is 6.42 Å². The summed E-state index contributed by atoms with van der Waals surface area (Å²) in [5.74, 6) is 0.0781. The summed E-state index contributed by atoms with van der Waals surface area (Å²) < 4.78 is 26.7. The maximum Gasteiger partial charge on any atom is 0.232 e. The molecule has 0 spiro atoms. The smallest absolute Gasteiger partial charge is 0.232 e. The lowest BCUT2D eigenvalue weighted by Gasteiger charge is -2.19. The predicted molar refractivity (Wildman–Crippen MR) is 63.8 cm³/mol. The second-order valence-corrected chi connectivity index (χ2v) is 7.51. The van der Waals surface area contributed by atoms with E-state index in [1.165, 1.54) is 0 Å². The van der Waals surface area contributed by atoms with E-state index in [0.717, 1.165) is 25.9 Å². The highest BCUT2D eigenvalue weighted by atomic mass is 35.7. The summed E-state index contributed by atoms with van der Waals surface area (Å²) in [4.78, 5) is 0. The van der Waals surface area contributed by atoms with Crippen molar-refractivity contribution >= 4 is 19.7 Å². The first-order valence-corrected chi connectivity index (χ1v) is 7.75. The third kappa shape index (κ3) is 14.2. The van der Waals surface area contributed by atoms with Crippen molar-refractivity contribution in [3.8, 4) is 0 Å². The number of unbranched alkanes of at least 4 members (excludes halogenated alkanes) is 3. The molecule has 0 saturated heterocycles. The first-order valence-electron chi connectivity index (χ1n) is 5.27. The topological polar surface area (TPSA) is 43.4 Å². The largest absolute Gasteiger partial charge is 0.376 e. The lowest BCUT2D eigenvalue weighted by molar-refractivity contribution is -0.00470. The van der Waals surface area contributed by atoms with Crippen LogP contribution in [0.2, 0.25) is 0 Å². The van der Waals surface area contributed by atoms with Crippen LogP contribution < -0.4 is 0 Å². The Hall–Kier alpha value is 0.200. The van der Waals surface area contributed by atoms with Crippen LogP contribution in [0.1, 0.15) is 46.5 Å². The van der Waals surface area contributed by atoms with Crippen molar-refractivity contribution in [1.82, 2.24) is 0 Å². The van der Waals surface area contributed by atoms with Gasteiger partial charge < -0.3 is 4.74 Å². The zero-order valence-corrected chi connectivity index (χ0v) is 11.3. The number of hydrogen-bond acceptors (Lipinski definition) is 3. The lowest BCUT2D eigenvalue weighted by atomic mass is 10.2. The molecule has 0 aromatic heterocycles. The average molecular weight is 257 g/mol. The molecule has 0 aromatic carbocycles. The van der Waals surface area contributed by atoms with E-state index in [1.54, 1.807) is 0 Å². The Morgan fingerprint density at radius 2 is 1.60 bits per heavy atom. The van der Waals surface area contributed by atoms with Crippen LogP contribution >= 0.6 is 10.7 Å². The molecule has 0 aliphatic heterocycles. The summed E-state index contributed by atoms with van der Waals surface area (Å²) in [7, 11) is 1.78. The average Bonchev–Trinajstić information content (AvgIpc) is 1.98. The highest BCUT2D eigenvalue weighted by Gasteiger charge is 2.09. The Kier molecular flexibility index (Phi) is 6.80. The Balaban J connectivity index is 3.27. The van der Waals surface area contributed by atoms with Gasteiger partial charge in [-0.05, 0) is 33.6 Å². The van der Waals surface area contributed by atoms with Gasteiger partial charge in [-0.25, -0.2) is 8.42 Å². The molecule has 0 rings (SSSR count). The van der Waals surface area contributed by atoms with Gasteiger partial charge in [-0.15, -0.1) is 0 Å². The van der Waals surface area contributed by atoms with Gasteiger partial charge in [0.1, 0.15) is 0 Å². The summed E-state index contributed by atoms with van der Waals surface area (Å²) in [6, 6.07) is 0. The van der Waals surface area contributed by atoms with E-state index in [-0.39, 0.29) is 11.4 Å². The molecule has 0 amide bonds. The Morgan fingerprint density at radius 3 is 2.07 bits per heavy atom. The molecule has 0 saturated carbocycles. The van der Waals surface area contributed by atoms with Crippen LogP contribution in [-0.4, -0.2) is 26.4 Å². The SMILES string of the molecule is CC(C)(C)OCCCCCCS(=O)(=O)Cl. The molecule has 0 aliphatic rings. The van der Waals surface area contributed by atoms with Gasteiger partial charge in [0, 0.05) is 17.3 Å². The highest BCUT2D eigenvalue weighted by molar-refractivity contribution is 8.13. The van der Waals surface area contributed by atoms with Crippen molar-refractivity contribution in [1.29, 1.82) is 0 Å². The molecule has 0 N–H and O–H groups in total. The molecular formula is C10H21ClO3S. The molecule has 3 nitrogen and oxygen atoms in total. The first kappa shape index (κ1) is 15.2. The zero-order valence-electron chi connectivity index (χ0n) is 9.75. The fourth-order valence-electron chi connectivity index (χ4n) is 1.11. The maximum atomic E-state index is 10.6. The van der Waals surface area contributed by atoms with E-state index in [9.17, 15) is 8.42 Å². The lowest BCUT2D eigenvalue weighted by Crippen LogP contribution is -2.19. The predicted octanol–water partition coefficient (Wildman–Crippen LogP) is 2.93. The molecule has 0 radical (unpaired) electrons. The van der Waals surface area contributed by atoms with E-state index in [4.69, 9.17) is 15.4 Å². The molecule has 0 heterocycles. The summed E-state index contributed by atoms with van der Waals surface area (Å²) in [6.45, 7) is 6.80. The van der Waals surface area contributed by atoms with Gasteiger partial charge in [0.05, 0.1) is 11.4 Å². The van der Waals surface area contributed by atoms with Gasteiger partial charge in [0.15, 0.2) is 0 Å². The van der Waals surface area contributed by atoms with E-state index >= 15 is 0 Å². The fourth-order valence-corrected chi connectivity index (χ4v) is 1.98. The molecule has 0 fully saturated rings. The molecule has 0 bridgehead atoms. The summed E-state index contributed by atoms with van der Waals surface area (Å²) in [5.41, 5.74) is -0.0839. The Labute approximate surface area is 97.6 Å². The molecule has 0 atom stereocenters. The van der Waals surface area contributed by atoms with Crippen LogP contribution in [0, 0.1) is 0 Å². The van der Waals surface area contributed by atoms with E-state index in [2.05, 4.69) is 0 Å². The molecule has 0 aromatic rings. The van der Waals surface area contributed by atoms with Gasteiger partial charge in [0.2, 0.25) is 9.05 Å². The van der Waals surface area contributed by atoms with Crippen LogP contribution in [0.5, 0.6) is 0 Å². The van der Waals surface area contributed by atoms with Crippen LogP contribution in [0.15, 0.2) is 0 Å². The van der Waals surface area contributed by atoms with Crippen molar-refractivity contribution in [3.05, 3.63) is 0 Å². The van der Waals surface area contributed by atoms with Crippen molar-refractivity contribution in [2.75, 3.05) is 12.4 Å². The molecule has 0 unspecified atom stereocenters. The molecule has 0 aliphatic carbocycles. The molecular weight excluding hydrogens is 236 g/mol. The quantitative estimate of drug-likeness (QED) is 0.520. The maximum absolute atomic E-state index is 10.6. The van der Waals surface area contributed by atoms with Crippen molar-refractivity contribution in [3.63, 3.8) is 0 Å². The third-order valence-electron chi connectivity index (χ3n) is 1.82. The standard InChI is InChI=1S/C10H21ClO3S/c1-10(2,3)14-8-6-4-5-7-9-15(11,12)13/h4-9H2,1-3H3. The van der Waals surface area contributed by atoms with Gasteiger partial charge in [-0.3, -0.25) is 0 Å². The molecule has 92 valence electrons. The van der Waals surface area contributed by atoms with Crippen LogP contribution in [0.25, 0.3) is 0 Å². The summed E-state index contributed by atoms with van der Waals surface area (Å²) in [5, 5.41) is 0. The minimum absolute atomic E-state index is 0.0781. The van der Waals surface area contributed by atoms with Gasteiger partial charge in [-0.2, -0.15) is 0 Å². The zero-order chi connectivity index (χ0) is 11.9. The second kappa shape index (κ2) is 6.71. The summed E-state index contributed by atoms with van der Waals surface area (Å²) >= 11 is 0. The Bertz CT molecular complexity index is 254. The third-order valence-corrected chi connectivity index (χ3v) is 3.06. The number of rotatable bonds is 7. The normalized spacial score (nSPS) is 13.1. The van der Waals surface area contributed by atoms with Crippen molar-refractivity contribution in [2.45, 2.75) is 52.1 Å². The van der Waals surface area contributed by atoms with E-state index in [1.807, 2.05) is 20.8 Å². The Morgan fingerprint density at radius 1 is 1.07 bits per heavy atom. The number of hydrogen-bond donors (Lipinski definition) is 0. The van der Waals surface area contributed by atoms with Crippen molar-refractivity contribution < 1.29 is 13.2 Å². The van der Waals surface area contributed by atoms with Gasteiger partial charge in [0.25, 0.3) is 0 Å². The van der Waals surface area contributed by atoms with Crippen LogP contribution in [-0.2, 0) is 13.8 Å². The van der Waals surface area contributed by atoms with Crippen LogP contribution in [0.3, 0.4) is 0 Å². The second-order valence-electron chi connectivity index (χ2n) is 4.62. The number of halogens is 1. The first-order chi connectivity index (χ1) is 6.71. The summed E-state index contributed by atoms with van der Waals surface area (Å²) in [6.07, 6.45) is 3.49. The fraction of sp³-hybridized carbons (Fsp3) is 1.00. The van der Waals surface area contributed by atoms with Gasteiger partial charge >= 0.3 is 0 Å². The minimum Gasteiger partial charge on any atom is -0.376 e. The molecule has 5 heteroatoms.